The van der Waals surface area contributed by atoms with Crippen LogP contribution in [0, 0.1) is 9.39 Å². The highest BCUT2D eigenvalue weighted by atomic mass is 127. The van der Waals surface area contributed by atoms with Gasteiger partial charge in [0.05, 0.1) is 24.5 Å². The Morgan fingerprint density at radius 2 is 2.03 bits per heavy atom. The van der Waals surface area contributed by atoms with Crippen molar-refractivity contribution in [3.63, 3.8) is 0 Å². The highest BCUT2D eigenvalue weighted by Gasteiger charge is 2.46. The molecule has 8 nitrogen and oxygen atoms in total. The van der Waals surface area contributed by atoms with Gasteiger partial charge in [-0.1, -0.05) is 5.21 Å². The van der Waals surface area contributed by atoms with E-state index in [4.69, 9.17) is 4.74 Å². The van der Waals surface area contributed by atoms with E-state index >= 15 is 0 Å². The number of aromatic nitrogens is 3. The zero-order chi connectivity index (χ0) is 23.0. The summed E-state index contributed by atoms with van der Waals surface area (Å²) in [6.07, 6.45) is 0. The smallest absolute Gasteiger partial charge is 0.147 e. The summed E-state index contributed by atoms with van der Waals surface area (Å²) in [5.41, 5.74) is 2.85. The first-order valence-corrected chi connectivity index (χ1v) is 11.5. The fourth-order valence-corrected chi connectivity index (χ4v) is 4.40. The molecule has 0 radical (unpaired) electrons. The van der Waals surface area contributed by atoms with E-state index in [1.807, 2.05) is 51.2 Å². The van der Waals surface area contributed by atoms with Crippen molar-refractivity contribution < 1.29 is 14.2 Å². The second-order valence-electron chi connectivity index (χ2n) is 8.67. The van der Waals surface area contributed by atoms with Gasteiger partial charge in [0.15, 0.2) is 0 Å². The quantitative estimate of drug-likeness (QED) is 0.415. The number of benzene rings is 2. The number of ether oxygens (including phenoxy) is 1. The van der Waals surface area contributed by atoms with Crippen molar-refractivity contribution in [3.05, 3.63) is 45.3 Å². The maximum Gasteiger partial charge on any atom is 0.147 e. The van der Waals surface area contributed by atoms with Crippen molar-refractivity contribution in [2.24, 2.45) is 7.05 Å². The number of likely N-dealkylation sites (N-methyl/N-ethyl adjacent to an activating group) is 1. The summed E-state index contributed by atoms with van der Waals surface area (Å²) in [5.74, 6) is -0.321. The molecule has 1 atom stereocenters. The summed E-state index contributed by atoms with van der Waals surface area (Å²) in [4.78, 5) is 4.09. The maximum absolute atomic E-state index is 14.4. The van der Waals surface area contributed by atoms with Crippen molar-refractivity contribution in [2.45, 2.75) is 25.2 Å². The molecule has 1 saturated heterocycles. The standard InChI is InChI=1S/C22H28FIN6O2/c1-14(28(2)3)22(31)11-30(12-22)13-32-10-15-7-21-20(26-27-29(21)4)9-19(15)25-18-6-5-16(24)8-17(18)23/h5-9,14,25,31H,10-13H2,1-4H3/t14-/m0/s1. The first-order chi connectivity index (χ1) is 15.2. The van der Waals surface area contributed by atoms with E-state index in [0.717, 1.165) is 25.9 Å². The van der Waals surface area contributed by atoms with E-state index in [9.17, 15) is 9.50 Å². The fourth-order valence-electron chi connectivity index (χ4n) is 3.94. The molecular formula is C22H28FIN6O2. The van der Waals surface area contributed by atoms with Crippen LogP contribution < -0.4 is 5.32 Å². The van der Waals surface area contributed by atoms with Crippen molar-refractivity contribution in [3.8, 4) is 0 Å². The number of aryl methyl sites for hydroxylation is 1. The minimum Gasteiger partial charge on any atom is -0.386 e. The Bertz CT molecular complexity index is 1120. The number of nitrogens with zero attached hydrogens (tertiary/aromatic N) is 5. The Balaban J connectivity index is 1.47. The van der Waals surface area contributed by atoms with Crippen molar-refractivity contribution in [1.29, 1.82) is 0 Å². The van der Waals surface area contributed by atoms with Gasteiger partial charge < -0.3 is 20.1 Å². The third-order valence-electron chi connectivity index (χ3n) is 6.11. The lowest BCUT2D eigenvalue weighted by Gasteiger charge is -2.51. The van der Waals surface area contributed by atoms with Crippen LogP contribution >= 0.6 is 22.6 Å². The number of rotatable bonds is 8. The Morgan fingerprint density at radius 3 is 2.72 bits per heavy atom. The van der Waals surface area contributed by atoms with Crippen LogP contribution in [0.5, 0.6) is 0 Å². The third kappa shape index (κ3) is 4.74. The monoisotopic (exact) mass is 554 g/mol. The molecule has 1 aliphatic rings. The van der Waals surface area contributed by atoms with Crippen LogP contribution in [0.1, 0.15) is 12.5 Å². The van der Waals surface area contributed by atoms with Gasteiger partial charge in [-0.2, -0.15) is 0 Å². The molecule has 4 rings (SSSR count). The van der Waals surface area contributed by atoms with Crippen molar-refractivity contribution in [2.75, 3.05) is 39.2 Å². The summed E-state index contributed by atoms with van der Waals surface area (Å²) >= 11 is 2.08. The Kier molecular flexibility index (Phi) is 6.68. The average Bonchev–Trinajstić information content (AvgIpc) is 3.07. The number of aliphatic hydroxyl groups is 1. The number of β-amino-alcohol motifs (C(OH)–C–C–N with tert-alkyl or cyclic N) is 1. The van der Waals surface area contributed by atoms with E-state index in [0.29, 0.717) is 32.1 Å². The summed E-state index contributed by atoms with van der Waals surface area (Å²) in [5, 5.41) is 22.1. The highest BCUT2D eigenvalue weighted by Crippen LogP contribution is 2.30. The fraction of sp³-hybridized carbons (Fsp3) is 0.455. The van der Waals surface area contributed by atoms with Crippen LogP contribution in [0.25, 0.3) is 11.0 Å². The third-order valence-corrected chi connectivity index (χ3v) is 6.79. The molecule has 2 heterocycles. The van der Waals surface area contributed by atoms with Gasteiger partial charge in [-0.25, -0.2) is 9.07 Å². The molecule has 1 fully saturated rings. The van der Waals surface area contributed by atoms with Crippen molar-refractivity contribution in [1.82, 2.24) is 24.8 Å². The highest BCUT2D eigenvalue weighted by molar-refractivity contribution is 14.1. The molecular weight excluding hydrogens is 526 g/mol. The molecule has 10 heteroatoms. The van der Waals surface area contributed by atoms with E-state index in [1.54, 1.807) is 10.7 Å². The normalized spacial score (nSPS) is 17.0. The van der Waals surface area contributed by atoms with Gasteiger partial charge in [-0.05, 0) is 73.9 Å². The minimum atomic E-state index is -0.721. The predicted molar refractivity (Wildman–Crippen MR) is 130 cm³/mol. The van der Waals surface area contributed by atoms with E-state index in [1.165, 1.54) is 6.07 Å². The summed E-state index contributed by atoms with van der Waals surface area (Å²) < 4.78 is 22.9. The van der Waals surface area contributed by atoms with E-state index in [-0.39, 0.29) is 11.9 Å². The van der Waals surface area contributed by atoms with Crippen LogP contribution in [0.3, 0.4) is 0 Å². The van der Waals surface area contributed by atoms with Gasteiger partial charge in [0.25, 0.3) is 0 Å². The molecule has 0 unspecified atom stereocenters. The summed E-state index contributed by atoms with van der Waals surface area (Å²) in [6.45, 7) is 3.89. The lowest BCUT2D eigenvalue weighted by molar-refractivity contribution is -0.166. The Labute approximate surface area is 200 Å². The minimum absolute atomic E-state index is 0.0677. The average molecular weight is 554 g/mol. The molecule has 3 aromatic rings. The molecule has 172 valence electrons. The molecule has 2 aromatic carbocycles. The maximum atomic E-state index is 14.4. The first kappa shape index (κ1) is 23.3. The zero-order valence-corrected chi connectivity index (χ0v) is 20.8. The number of nitrogens with one attached hydrogen (secondary N) is 1. The topological polar surface area (TPSA) is 78.7 Å². The second-order valence-corrected chi connectivity index (χ2v) is 9.91. The van der Waals surface area contributed by atoms with Gasteiger partial charge in [0.2, 0.25) is 0 Å². The summed E-state index contributed by atoms with van der Waals surface area (Å²) in [6, 6.07) is 8.94. The lowest BCUT2D eigenvalue weighted by atomic mass is 9.87. The number of anilines is 2. The lowest BCUT2D eigenvalue weighted by Crippen LogP contribution is -2.69. The molecule has 1 aromatic heterocycles. The van der Waals surface area contributed by atoms with E-state index < -0.39 is 5.60 Å². The molecule has 0 bridgehead atoms. The van der Waals surface area contributed by atoms with Crippen LogP contribution in [0.4, 0.5) is 15.8 Å². The van der Waals surface area contributed by atoms with Gasteiger partial charge in [-0.15, -0.1) is 5.10 Å². The molecule has 0 saturated carbocycles. The first-order valence-electron chi connectivity index (χ1n) is 10.4. The molecule has 32 heavy (non-hydrogen) atoms. The molecule has 0 spiro atoms. The molecule has 0 amide bonds. The molecule has 1 aliphatic heterocycles. The summed E-state index contributed by atoms with van der Waals surface area (Å²) in [7, 11) is 5.77. The van der Waals surface area contributed by atoms with E-state index in [2.05, 4.69) is 43.1 Å². The predicted octanol–water partition coefficient (Wildman–Crippen LogP) is 2.93. The SMILES string of the molecule is C[C@H](N(C)C)C1(O)CN(COCc2cc3c(cc2Nc2ccc(I)cc2F)nnn3C)C1. The number of hydrogen-bond acceptors (Lipinski definition) is 7. The van der Waals surface area contributed by atoms with Crippen LogP contribution in [-0.4, -0.2) is 75.5 Å². The Morgan fingerprint density at radius 1 is 1.28 bits per heavy atom. The second kappa shape index (κ2) is 9.18. The number of hydrogen-bond donors (Lipinski definition) is 2. The largest absolute Gasteiger partial charge is 0.386 e. The van der Waals surface area contributed by atoms with Crippen molar-refractivity contribution >= 4 is 45.0 Å². The molecule has 0 aliphatic carbocycles. The van der Waals surface area contributed by atoms with Crippen LogP contribution in [-0.2, 0) is 18.4 Å². The number of fused-ring (bicyclic) bond motifs is 1. The Hall–Kier alpha value is -1.86. The zero-order valence-electron chi connectivity index (χ0n) is 18.6. The van der Waals surface area contributed by atoms with Gasteiger partial charge in [0.1, 0.15) is 16.9 Å². The van der Waals surface area contributed by atoms with Gasteiger partial charge in [0, 0.05) is 41.0 Å². The number of halogens is 2. The van der Waals surface area contributed by atoms with Gasteiger partial charge >= 0.3 is 0 Å². The number of likely N-dealkylation sites (tertiary alicyclic amines) is 1. The van der Waals surface area contributed by atoms with Gasteiger partial charge in [-0.3, -0.25) is 4.90 Å². The van der Waals surface area contributed by atoms with Crippen LogP contribution in [0.2, 0.25) is 0 Å². The molecule has 2 N–H and O–H groups in total. The van der Waals surface area contributed by atoms with Crippen LogP contribution in [0.15, 0.2) is 30.3 Å².